The molecule has 1 aliphatic heterocycles. The van der Waals surface area contributed by atoms with Crippen molar-refractivity contribution < 1.29 is 27.5 Å². The predicted molar refractivity (Wildman–Crippen MR) is 126 cm³/mol. The molecule has 0 radical (unpaired) electrons. The Bertz CT molecular complexity index is 1350. The summed E-state index contributed by atoms with van der Waals surface area (Å²) in [5.74, 6) is -5.66. The van der Waals surface area contributed by atoms with Gasteiger partial charge in [-0.2, -0.15) is 0 Å². The SMILES string of the molecule is CC[C@@H](C)NC(=O)c1cn(-c2c(F)cc(F)cc2F)c2nc(N3CCCCC3CO)c(F)cc2c1=O. The quantitative estimate of drug-likeness (QED) is 0.497. The van der Waals surface area contributed by atoms with E-state index in [1.807, 2.05) is 6.92 Å². The molecule has 0 bridgehead atoms. The number of aliphatic hydroxyl groups is 1. The summed E-state index contributed by atoms with van der Waals surface area (Å²) in [4.78, 5) is 31.9. The zero-order valence-electron chi connectivity index (χ0n) is 19.8. The van der Waals surface area contributed by atoms with Crippen molar-refractivity contribution in [1.82, 2.24) is 14.9 Å². The van der Waals surface area contributed by atoms with Crippen molar-refractivity contribution in [3.05, 3.63) is 63.5 Å². The van der Waals surface area contributed by atoms with Gasteiger partial charge in [-0.25, -0.2) is 22.5 Å². The summed E-state index contributed by atoms with van der Waals surface area (Å²) < 4.78 is 59.5. The Morgan fingerprint density at radius 1 is 1.17 bits per heavy atom. The molecular formula is C25H26F4N4O3. The van der Waals surface area contributed by atoms with Crippen molar-refractivity contribution in [2.45, 2.75) is 51.6 Å². The number of hydrogen-bond acceptors (Lipinski definition) is 5. The van der Waals surface area contributed by atoms with Gasteiger partial charge in [-0.05, 0) is 38.7 Å². The number of rotatable bonds is 6. The number of nitrogens with one attached hydrogen (secondary N) is 1. The van der Waals surface area contributed by atoms with E-state index in [-0.39, 0.29) is 29.5 Å². The number of pyridine rings is 2. The van der Waals surface area contributed by atoms with Crippen LogP contribution in [-0.2, 0) is 0 Å². The van der Waals surface area contributed by atoms with Gasteiger partial charge in [-0.1, -0.05) is 6.92 Å². The summed E-state index contributed by atoms with van der Waals surface area (Å²) in [5.41, 5.74) is -2.45. The van der Waals surface area contributed by atoms with Crippen LogP contribution in [0.2, 0.25) is 0 Å². The fourth-order valence-electron chi connectivity index (χ4n) is 4.39. The van der Waals surface area contributed by atoms with Gasteiger partial charge < -0.3 is 15.3 Å². The van der Waals surface area contributed by atoms with Crippen molar-refractivity contribution >= 4 is 22.8 Å². The third kappa shape index (κ3) is 4.67. The van der Waals surface area contributed by atoms with Gasteiger partial charge in [0.05, 0.1) is 18.0 Å². The molecule has 1 fully saturated rings. The molecule has 11 heteroatoms. The fraction of sp³-hybridized carbons (Fsp3) is 0.400. The molecule has 3 aromatic rings. The molecule has 4 rings (SSSR count). The molecule has 192 valence electrons. The van der Waals surface area contributed by atoms with Crippen molar-refractivity contribution in [3.63, 3.8) is 0 Å². The molecule has 1 aliphatic rings. The number of benzene rings is 1. The highest BCUT2D eigenvalue weighted by atomic mass is 19.1. The normalized spacial score (nSPS) is 16.9. The summed E-state index contributed by atoms with van der Waals surface area (Å²) in [6.07, 6.45) is 3.59. The van der Waals surface area contributed by atoms with Crippen LogP contribution in [-0.4, -0.2) is 45.8 Å². The minimum Gasteiger partial charge on any atom is -0.394 e. The number of carbonyl (C=O) groups excluding carboxylic acids is 1. The topological polar surface area (TPSA) is 87.5 Å². The molecular weight excluding hydrogens is 480 g/mol. The Hall–Kier alpha value is -3.47. The van der Waals surface area contributed by atoms with Crippen LogP contribution < -0.4 is 15.6 Å². The van der Waals surface area contributed by atoms with Gasteiger partial charge in [0.2, 0.25) is 5.43 Å². The first-order chi connectivity index (χ1) is 17.2. The number of aliphatic hydroxyl groups excluding tert-OH is 1. The van der Waals surface area contributed by atoms with Crippen LogP contribution in [0.3, 0.4) is 0 Å². The molecule has 1 amide bonds. The van der Waals surface area contributed by atoms with Crippen LogP contribution in [0.25, 0.3) is 16.7 Å². The molecule has 3 heterocycles. The van der Waals surface area contributed by atoms with Crippen LogP contribution in [0.15, 0.2) is 29.2 Å². The molecule has 1 saturated heterocycles. The number of piperidine rings is 1. The predicted octanol–water partition coefficient (Wildman–Crippen LogP) is 3.82. The second kappa shape index (κ2) is 10.3. The first-order valence-corrected chi connectivity index (χ1v) is 11.7. The van der Waals surface area contributed by atoms with Crippen molar-refractivity contribution in [1.29, 1.82) is 0 Å². The standard InChI is InChI=1S/C25H26F4N4O3/c1-3-13(2)30-25(36)17-11-33(21-18(27)8-14(26)9-19(21)28)23-16(22(17)35)10-20(29)24(31-23)32-7-5-4-6-15(32)12-34/h8-11,13,15,34H,3-7,12H2,1-2H3,(H,30,36)/t13-,15?/m1/s1. The average Bonchev–Trinajstić information content (AvgIpc) is 2.84. The van der Waals surface area contributed by atoms with Gasteiger partial charge in [-0.15, -0.1) is 0 Å². The van der Waals surface area contributed by atoms with Crippen molar-refractivity contribution in [2.24, 2.45) is 0 Å². The lowest BCUT2D eigenvalue weighted by molar-refractivity contribution is 0.0937. The lowest BCUT2D eigenvalue weighted by Crippen LogP contribution is -2.43. The third-order valence-electron chi connectivity index (χ3n) is 6.48. The van der Waals surface area contributed by atoms with Crippen molar-refractivity contribution in [2.75, 3.05) is 18.1 Å². The third-order valence-corrected chi connectivity index (χ3v) is 6.48. The van der Waals surface area contributed by atoms with E-state index in [9.17, 15) is 27.9 Å². The van der Waals surface area contributed by atoms with E-state index in [2.05, 4.69) is 10.3 Å². The Balaban J connectivity index is 2.03. The summed E-state index contributed by atoms with van der Waals surface area (Å²) in [6.45, 7) is 3.63. The molecule has 2 aromatic heterocycles. The number of amides is 1. The zero-order chi connectivity index (χ0) is 26.1. The monoisotopic (exact) mass is 506 g/mol. The van der Waals surface area contributed by atoms with E-state index in [4.69, 9.17) is 0 Å². The van der Waals surface area contributed by atoms with Gasteiger partial charge in [0.25, 0.3) is 5.91 Å². The Morgan fingerprint density at radius 3 is 2.50 bits per heavy atom. The maximum Gasteiger partial charge on any atom is 0.256 e. The maximum atomic E-state index is 15.3. The van der Waals surface area contributed by atoms with Crippen LogP contribution >= 0.6 is 0 Å². The summed E-state index contributed by atoms with van der Waals surface area (Å²) in [6, 6.07) is 1.04. The highest BCUT2D eigenvalue weighted by Gasteiger charge is 2.28. The number of nitrogens with zero attached hydrogens (tertiary/aromatic N) is 3. The number of aromatic nitrogens is 2. The lowest BCUT2D eigenvalue weighted by Gasteiger charge is -2.35. The molecule has 1 unspecified atom stereocenters. The van der Waals surface area contributed by atoms with Crippen molar-refractivity contribution in [3.8, 4) is 5.69 Å². The lowest BCUT2D eigenvalue weighted by atomic mass is 10.0. The number of anilines is 1. The van der Waals surface area contributed by atoms with Crippen LogP contribution in [0, 0.1) is 23.3 Å². The van der Waals surface area contributed by atoms with Gasteiger partial charge >= 0.3 is 0 Å². The largest absolute Gasteiger partial charge is 0.394 e. The molecule has 2 atom stereocenters. The van der Waals surface area contributed by atoms with E-state index in [0.717, 1.165) is 23.3 Å². The van der Waals surface area contributed by atoms with E-state index < -0.39 is 51.9 Å². The van der Waals surface area contributed by atoms with E-state index in [1.165, 1.54) is 0 Å². The van der Waals surface area contributed by atoms with E-state index in [0.29, 0.717) is 37.9 Å². The zero-order valence-corrected chi connectivity index (χ0v) is 19.8. The number of carbonyl (C=O) groups is 1. The molecule has 36 heavy (non-hydrogen) atoms. The molecule has 7 nitrogen and oxygen atoms in total. The number of halogens is 4. The van der Waals surface area contributed by atoms with Crippen LogP contribution in [0.4, 0.5) is 23.4 Å². The van der Waals surface area contributed by atoms with Crippen LogP contribution in [0.1, 0.15) is 49.9 Å². The minimum absolute atomic E-state index is 0.200. The number of fused-ring (bicyclic) bond motifs is 1. The van der Waals surface area contributed by atoms with E-state index in [1.54, 1.807) is 11.8 Å². The summed E-state index contributed by atoms with van der Waals surface area (Å²) in [7, 11) is 0. The van der Waals surface area contributed by atoms with E-state index >= 15 is 4.39 Å². The second-order valence-corrected chi connectivity index (χ2v) is 8.93. The van der Waals surface area contributed by atoms with Gasteiger partial charge in [0.15, 0.2) is 28.9 Å². The van der Waals surface area contributed by atoms with Gasteiger partial charge in [-0.3, -0.25) is 14.2 Å². The Kier molecular flexibility index (Phi) is 7.30. The summed E-state index contributed by atoms with van der Waals surface area (Å²) in [5, 5.41) is 12.0. The molecule has 0 saturated carbocycles. The molecule has 1 aromatic carbocycles. The molecule has 0 aliphatic carbocycles. The molecule has 2 N–H and O–H groups in total. The number of hydrogen-bond donors (Lipinski definition) is 2. The first-order valence-electron chi connectivity index (χ1n) is 11.7. The summed E-state index contributed by atoms with van der Waals surface area (Å²) >= 11 is 0. The van der Waals surface area contributed by atoms with Gasteiger partial charge in [0, 0.05) is 30.9 Å². The second-order valence-electron chi connectivity index (χ2n) is 8.93. The minimum atomic E-state index is -1.30. The maximum absolute atomic E-state index is 15.3. The first kappa shape index (κ1) is 25.6. The highest BCUT2D eigenvalue weighted by Crippen LogP contribution is 2.30. The smallest absolute Gasteiger partial charge is 0.256 e. The highest BCUT2D eigenvalue weighted by molar-refractivity contribution is 5.97. The van der Waals surface area contributed by atoms with Gasteiger partial charge in [0.1, 0.15) is 17.1 Å². The molecule has 0 spiro atoms. The Morgan fingerprint density at radius 2 is 1.86 bits per heavy atom. The van der Waals surface area contributed by atoms with Crippen LogP contribution in [0.5, 0.6) is 0 Å². The Labute approximate surface area is 204 Å². The average molecular weight is 507 g/mol. The fourth-order valence-corrected chi connectivity index (χ4v) is 4.39.